The van der Waals surface area contributed by atoms with E-state index in [-0.39, 0.29) is 5.91 Å². The average molecular weight is 336 g/mol. The second kappa shape index (κ2) is 7.65. The fourth-order valence-electron chi connectivity index (χ4n) is 1.92. The highest BCUT2D eigenvalue weighted by atomic mass is 32.2. The van der Waals surface area contributed by atoms with Gasteiger partial charge in [-0.2, -0.15) is 0 Å². The van der Waals surface area contributed by atoms with E-state index in [4.69, 9.17) is 0 Å². The Morgan fingerprint density at radius 2 is 2.14 bits per heavy atom. The largest absolute Gasteiger partial charge is 0.325 e. The molecular weight excluding hydrogens is 316 g/mol. The first-order valence-corrected chi connectivity index (χ1v) is 9.44. The summed E-state index contributed by atoms with van der Waals surface area (Å²) in [4.78, 5) is 16.6. The maximum Gasteiger partial charge on any atom is 0.239 e. The molecule has 1 N–H and O–H groups in total. The number of anilines is 1. The fraction of sp³-hybridized carbons (Fsp3) is 0.375. The van der Waals surface area contributed by atoms with Gasteiger partial charge in [-0.15, -0.1) is 11.3 Å². The summed E-state index contributed by atoms with van der Waals surface area (Å²) in [7, 11) is -1.28. The maximum absolute atomic E-state index is 12.3. The van der Waals surface area contributed by atoms with Crippen molar-refractivity contribution in [2.75, 3.05) is 5.32 Å². The van der Waals surface area contributed by atoms with Crippen LogP contribution in [0.2, 0.25) is 0 Å². The summed E-state index contributed by atoms with van der Waals surface area (Å²) in [6.07, 6.45) is 0.876. The summed E-state index contributed by atoms with van der Waals surface area (Å²) in [6, 6.07) is 7.56. The quantitative estimate of drug-likeness (QED) is 0.880. The summed E-state index contributed by atoms with van der Waals surface area (Å²) >= 11 is 1.57. The van der Waals surface area contributed by atoms with Gasteiger partial charge in [0.25, 0.3) is 0 Å². The fourth-order valence-corrected chi connectivity index (χ4v) is 3.75. The van der Waals surface area contributed by atoms with Crippen molar-refractivity contribution in [2.24, 2.45) is 0 Å². The van der Waals surface area contributed by atoms with Crippen LogP contribution in [-0.4, -0.2) is 20.3 Å². The van der Waals surface area contributed by atoms with E-state index in [9.17, 15) is 9.00 Å². The zero-order chi connectivity index (χ0) is 16.1. The first kappa shape index (κ1) is 16.8. The predicted octanol–water partition coefficient (Wildman–Crippen LogP) is 3.29. The van der Waals surface area contributed by atoms with E-state index >= 15 is 0 Å². The Bertz CT molecular complexity index is 682. The van der Waals surface area contributed by atoms with E-state index in [1.54, 1.807) is 18.3 Å². The minimum absolute atomic E-state index is 0.224. The molecule has 6 heteroatoms. The van der Waals surface area contributed by atoms with Crippen LogP contribution in [0.5, 0.6) is 0 Å². The van der Waals surface area contributed by atoms with Gasteiger partial charge in [-0.25, -0.2) is 4.98 Å². The molecule has 0 bridgehead atoms. The number of amides is 1. The molecule has 1 amide bonds. The zero-order valence-corrected chi connectivity index (χ0v) is 14.6. The normalized spacial score (nSPS) is 13.6. The van der Waals surface area contributed by atoms with Crippen LogP contribution in [0.4, 0.5) is 5.69 Å². The molecule has 1 aromatic heterocycles. The Morgan fingerprint density at radius 1 is 1.41 bits per heavy atom. The molecule has 22 heavy (non-hydrogen) atoms. The van der Waals surface area contributed by atoms with E-state index in [0.717, 1.165) is 28.4 Å². The van der Waals surface area contributed by atoms with Gasteiger partial charge in [-0.3, -0.25) is 9.00 Å². The summed E-state index contributed by atoms with van der Waals surface area (Å²) < 4.78 is 12.3. The van der Waals surface area contributed by atoms with Crippen molar-refractivity contribution in [2.45, 2.75) is 38.2 Å². The highest BCUT2D eigenvalue weighted by Gasteiger charge is 2.21. The molecule has 0 aliphatic carbocycles. The summed E-state index contributed by atoms with van der Waals surface area (Å²) in [6.45, 7) is 5.66. The highest BCUT2D eigenvalue weighted by Crippen LogP contribution is 2.16. The van der Waals surface area contributed by atoms with Gasteiger partial charge in [-0.05, 0) is 31.9 Å². The molecule has 0 unspecified atom stereocenters. The number of rotatable bonds is 6. The number of carbonyl (C=O) groups excluding carboxylic acids is 1. The minimum Gasteiger partial charge on any atom is -0.325 e. The van der Waals surface area contributed by atoms with Crippen molar-refractivity contribution in [3.8, 4) is 0 Å². The van der Waals surface area contributed by atoms with Gasteiger partial charge in [-0.1, -0.05) is 25.1 Å². The van der Waals surface area contributed by atoms with Crippen molar-refractivity contribution >= 4 is 33.7 Å². The molecule has 0 aliphatic heterocycles. The molecule has 2 aromatic rings. The number of para-hydroxylation sites is 1. The topological polar surface area (TPSA) is 59.1 Å². The van der Waals surface area contributed by atoms with Crippen molar-refractivity contribution in [3.63, 3.8) is 0 Å². The van der Waals surface area contributed by atoms with E-state index in [2.05, 4.69) is 10.3 Å². The molecule has 2 atom stereocenters. The van der Waals surface area contributed by atoms with E-state index in [1.807, 2.05) is 43.5 Å². The van der Waals surface area contributed by atoms with Gasteiger partial charge in [0.05, 0.1) is 16.5 Å². The van der Waals surface area contributed by atoms with Crippen LogP contribution in [0.3, 0.4) is 0 Å². The Labute approximate surface area is 137 Å². The van der Waals surface area contributed by atoms with E-state index in [0.29, 0.717) is 5.75 Å². The maximum atomic E-state index is 12.3. The Morgan fingerprint density at radius 3 is 2.77 bits per heavy atom. The molecule has 0 saturated carbocycles. The van der Waals surface area contributed by atoms with Gasteiger partial charge >= 0.3 is 0 Å². The first-order chi connectivity index (χ1) is 10.5. The van der Waals surface area contributed by atoms with E-state index < -0.39 is 16.0 Å². The number of nitrogens with zero attached hydrogens (tertiary/aromatic N) is 1. The highest BCUT2D eigenvalue weighted by molar-refractivity contribution is 7.85. The second-order valence-electron chi connectivity index (χ2n) is 5.06. The second-order valence-corrected chi connectivity index (χ2v) is 7.76. The number of hydrogen-bond donors (Lipinski definition) is 1. The number of nitrogens with one attached hydrogen (secondary N) is 1. The third-order valence-corrected chi connectivity index (χ3v) is 5.98. The number of aromatic nitrogens is 1. The Hall–Kier alpha value is -1.53. The third-order valence-electron chi connectivity index (χ3n) is 3.36. The van der Waals surface area contributed by atoms with Crippen molar-refractivity contribution in [1.82, 2.24) is 4.98 Å². The smallest absolute Gasteiger partial charge is 0.239 e. The van der Waals surface area contributed by atoms with Crippen LogP contribution >= 0.6 is 11.3 Å². The molecule has 0 radical (unpaired) electrons. The molecule has 1 heterocycles. The number of hydrogen-bond acceptors (Lipinski definition) is 4. The Kier molecular flexibility index (Phi) is 5.85. The molecule has 0 fully saturated rings. The van der Waals surface area contributed by atoms with Crippen LogP contribution in [0, 0.1) is 6.92 Å². The number of carbonyl (C=O) groups is 1. The average Bonchev–Trinajstić information content (AvgIpc) is 2.96. The Balaban J connectivity index is 1.97. The molecule has 0 aliphatic rings. The van der Waals surface area contributed by atoms with Gasteiger partial charge in [0.1, 0.15) is 5.25 Å². The van der Waals surface area contributed by atoms with Crippen LogP contribution in [-0.2, 0) is 27.8 Å². The van der Waals surface area contributed by atoms with Crippen molar-refractivity contribution in [1.29, 1.82) is 0 Å². The number of aryl methyl sites for hydroxylation is 2. The van der Waals surface area contributed by atoms with Crippen LogP contribution in [0.25, 0.3) is 0 Å². The van der Waals surface area contributed by atoms with E-state index in [1.165, 1.54) is 0 Å². The predicted molar refractivity (Wildman–Crippen MR) is 92.6 cm³/mol. The SMILES string of the molecule is CCc1nc(C[S@](=O)[C@H](C)C(=O)Nc2ccccc2C)cs1. The van der Waals surface area contributed by atoms with Crippen molar-refractivity contribution in [3.05, 3.63) is 45.9 Å². The van der Waals surface area contributed by atoms with Gasteiger partial charge in [0.2, 0.25) is 5.91 Å². The lowest BCUT2D eigenvalue weighted by atomic mass is 10.2. The minimum atomic E-state index is -1.28. The van der Waals surface area contributed by atoms with Gasteiger partial charge < -0.3 is 5.32 Å². The van der Waals surface area contributed by atoms with Crippen LogP contribution in [0.1, 0.15) is 30.1 Å². The number of thiazole rings is 1. The molecule has 2 rings (SSSR count). The molecule has 4 nitrogen and oxygen atoms in total. The summed E-state index contributed by atoms with van der Waals surface area (Å²) in [5, 5.41) is 5.22. The molecular formula is C16H20N2O2S2. The van der Waals surface area contributed by atoms with Gasteiger partial charge in [0.15, 0.2) is 0 Å². The molecule has 1 aromatic carbocycles. The molecule has 0 saturated heterocycles. The molecule has 118 valence electrons. The molecule has 0 spiro atoms. The third kappa shape index (κ3) is 4.24. The monoisotopic (exact) mass is 336 g/mol. The van der Waals surface area contributed by atoms with Crippen LogP contribution < -0.4 is 5.32 Å². The van der Waals surface area contributed by atoms with Gasteiger partial charge in [0, 0.05) is 21.9 Å². The summed E-state index contributed by atoms with van der Waals surface area (Å²) in [5.41, 5.74) is 2.55. The lowest BCUT2D eigenvalue weighted by Crippen LogP contribution is -2.30. The number of benzene rings is 1. The zero-order valence-electron chi connectivity index (χ0n) is 13.0. The summed E-state index contributed by atoms with van der Waals surface area (Å²) in [5.74, 6) is 0.0948. The lowest BCUT2D eigenvalue weighted by molar-refractivity contribution is -0.115. The van der Waals surface area contributed by atoms with Crippen LogP contribution in [0.15, 0.2) is 29.6 Å². The standard InChI is InChI=1S/C16H20N2O2S2/c1-4-15-17-13(9-21-15)10-22(20)12(3)16(19)18-14-8-6-5-7-11(14)2/h5-9,12H,4,10H2,1-3H3,(H,18,19)/t12-,22+/m1/s1. The first-order valence-electron chi connectivity index (χ1n) is 7.18. The van der Waals surface area contributed by atoms with Crippen molar-refractivity contribution < 1.29 is 9.00 Å². The lowest BCUT2D eigenvalue weighted by Gasteiger charge is -2.13.